The van der Waals surface area contributed by atoms with Crippen LogP contribution in [0.2, 0.25) is 0 Å². The van der Waals surface area contributed by atoms with Crippen molar-refractivity contribution in [1.29, 1.82) is 0 Å². The Morgan fingerprint density at radius 2 is 2.15 bits per heavy atom. The van der Waals surface area contributed by atoms with Gasteiger partial charge in [-0.3, -0.25) is 9.59 Å². The molecule has 1 heterocycles. The average molecular weight is 367 g/mol. The number of hydrogen-bond donors (Lipinski definition) is 0. The van der Waals surface area contributed by atoms with Gasteiger partial charge in [0.2, 0.25) is 5.41 Å². The van der Waals surface area contributed by atoms with Crippen LogP contribution in [0.15, 0.2) is 16.7 Å². The molecule has 8 heteroatoms. The Bertz CT molecular complexity index is 832. The normalized spacial score (nSPS) is 27.7. The lowest BCUT2D eigenvalue weighted by Crippen LogP contribution is -2.64. The summed E-state index contributed by atoms with van der Waals surface area (Å²) in [7, 11) is 0. The number of carbonyl (C=O) groups is 2. The third-order valence-electron chi connectivity index (χ3n) is 5.02. The maximum atomic E-state index is 14.2. The Balaban J connectivity index is 2.21. The Kier molecular flexibility index (Phi) is 4.21. The largest absolute Gasteiger partial charge is 0.475 e. The molecular formula is C18H16F3NO4. The second-order valence-corrected chi connectivity index (χ2v) is 6.44. The number of halogens is 3. The van der Waals surface area contributed by atoms with E-state index in [4.69, 9.17) is 15.7 Å². The lowest BCUT2D eigenvalue weighted by atomic mass is 9.50. The topological polar surface area (TPSA) is 69.4 Å². The molecule has 0 fully saturated rings. The SMILES string of the molecule is C#C[C@@]12CC=CC(=O)[C@]1(C(F)(F)F)C(=O)c1c(OCCCC)noc1C2. The summed E-state index contributed by atoms with van der Waals surface area (Å²) in [5, 5.41) is 3.60. The van der Waals surface area contributed by atoms with Crippen molar-refractivity contribution in [1.82, 2.24) is 5.16 Å². The Morgan fingerprint density at radius 3 is 2.77 bits per heavy atom. The predicted molar refractivity (Wildman–Crippen MR) is 83.5 cm³/mol. The maximum Gasteiger partial charge on any atom is 0.410 e. The highest BCUT2D eigenvalue weighted by molar-refractivity contribution is 6.22. The van der Waals surface area contributed by atoms with Crippen LogP contribution in [0.1, 0.15) is 42.3 Å². The molecule has 1 aromatic heterocycles. The number of terminal acetylenes is 1. The van der Waals surface area contributed by atoms with Gasteiger partial charge in [0.1, 0.15) is 5.56 Å². The number of carbonyl (C=O) groups excluding carboxylic acids is 2. The third kappa shape index (κ3) is 2.16. The summed E-state index contributed by atoms with van der Waals surface area (Å²) in [6, 6.07) is 0. The van der Waals surface area contributed by atoms with Crippen molar-refractivity contribution in [2.75, 3.05) is 6.61 Å². The van der Waals surface area contributed by atoms with Crippen molar-refractivity contribution < 1.29 is 32.0 Å². The van der Waals surface area contributed by atoms with Crippen molar-refractivity contribution in [3.63, 3.8) is 0 Å². The first-order valence-electron chi connectivity index (χ1n) is 8.16. The summed E-state index contributed by atoms with van der Waals surface area (Å²) >= 11 is 0. The standard InChI is InChI=1S/C18H16F3NO4/c1-3-5-9-25-15-13-11(26-22-15)10-16(4-2)8-6-7-12(23)17(16,14(13)24)18(19,20)21/h2,6-7H,3,5,8-10H2,1H3/t16-,17-/m0/s1. The fraction of sp³-hybridized carbons (Fsp3) is 0.500. The number of nitrogens with zero attached hydrogens (tertiary/aromatic N) is 1. The summed E-state index contributed by atoms with van der Waals surface area (Å²) in [6.45, 7) is 2.07. The highest BCUT2D eigenvalue weighted by Gasteiger charge is 2.77. The van der Waals surface area contributed by atoms with E-state index in [9.17, 15) is 22.8 Å². The van der Waals surface area contributed by atoms with Crippen molar-refractivity contribution in [2.24, 2.45) is 10.8 Å². The van der Waals surface area contributed by atoms with Crippen molar-refractivity contribution in [2.45, 2.75) is 38.8 Å². The first-order chi connectivity index (χ1) is 12.2. The number of rotatable bonds is 4. The minimum absolute atomic E-state index is 0.0811. The van der Waals surface area contributed by atoms with E-state index in [1.165, 1.54) is 6.08 Å². The van der Waals surface area contributed by atoms with Gasteiger partial charge in [0, 0.05) is 6.42 Å². The summed E-state index contributed by atoms with van der Waals surface area (Å²) in [4.78, 5) is 25.5. The van der Waals surface area contributed by atoms with Crippen LogP contribution < -0.4 is 4.74 Å². The van der Waals surface area contributed by atoms with Crippen LogP contribution in [-0.2, 0) is 11.2 Å². The minimum atomic E-state index is -5.17. The molecule has 2 aliphatic carbocycles. The zero-order valence-electron chi connectivity index (χ0n) is 14.0. The van der Waals surface area contributed by atoms with Crippen LogP contribution in [0.25, 0.3) is 0 Å². The van der Waals surface area contributed by atoms with Gasteiger partial charge in [-0.2, -0.15) is 13.2 Å². The first-order valence-corrected chi connectivity index (χ1v) is 8.16. The van der Waals surface area contributed by atoms with Gasteiger partial charge in [0.25, 0.3) is 5.88 Å². The number of Topliss-reactive ketones (excluding diaryl/α,β-unsaturated/α-hetero) is 1. The molecule has 0 aromatic carbocycles. The van der Waals surface area contributed by atoms with E-state index in [0.717, 1.165) is 12.5 Å². The number of alkyl halides is 3. The van der Waals surface area contributed by atoms with E-state index in [-0.39, 0.29) is 24.7 Å². The summed E-state index contributed by atoms with van der Waals surface area (Å²) in [6.07, 6.45) is 3.01. The van der Waals surface area contributed by atoms with Crippen LogP contribution in [0.4, 0.5) is 13.2 Å². The summed E-state index contributed by atoms with van der Waals surface area (Å²) < 4.78 is 52.9. The van der Waals surface area contributed by atoms with E-state index in [1.54, 1.807) is 0 Å². The number of allylic oxidation sites excluding steroid dienone is 2. The van der Waals surface area contributed by atoms with E-state index < -0.39 is 40.6 Å². The van der Waals surface area contributed by atoms with Crippen LogP contribution in [0, 0.1) is 23.2 Å². The Morgan fingerprint density at radius 1 is 1.42 bits per heavy atom. The van der Waals surface area contributed by atoms with Crippen LogP contribution in [0.3, 0.4) is 0 Å². The van der Waals surface area contributed by atoms with Gasteiger partial charge in [0.05, 0.1) is 12.0 Å². The molecule has 0 radical (unpaired) electrons. The fourth-order valence-corrected chi connectivity index (χ4v) is 3.70. The Hall–Kier alpha value is -2.56. The molecule has 0 amide bonds. The average Bonchev–Trinajstić information content (AvgIpc) is 2.96. The van der Waals surface area contributed by atoms with Crippen molar-refractivity contribution in [3.05, 3.63) is 23.5 Å². The van der Waals surface area contributed by atoms with Gasteiger partial charge in [-0.05, 0) is 24.1 Å². The molecular weight excluding hydrogens is 351 g/mol. The van der Waals surface area contributed by atoms with Crippen LogP contribution in [-0.4, -0.2) is 29.5 Å². The molecule has 0 aliphatic heterocycles. The van der Waals surface area contributed by atoms with Gasteiger partial charge in [0.15, 0.2) is 17.3 Å². The lowest BCUT2D eigenvalue weighted by Gasteiger charge is -2.48. The molecule has 2 atom stereocenters. The van der Waals surface area contributed by atoms with E-state index in [0.29, 0.717) is 6.42 Å². The molecule has 0 N–H and O–H groups in total. The van der Waals surface area contributed by atoms with Crippen molar-refractivity contribution >= 4 is 11.6 Å². The van der Waals surface area contributed by atoms with Gasteiger partial charge in [-0.25, -0.2) is 0 Å². The monoisotopic (exact) mass is 367 g/mol. The van der Waals surface area contributed by atoms with Crippen molar-refractivity contribution in [3.8, 4) is 18.2 Å². The fourth-order valence-electron chi connectivity index (χ4n) is 3.70. The lowest BCUT2D eigenvalue weighted by molar-refractivity contribution is -0.227. The van der Waals surface area contributed by atoms with Gasteiger partial charge < -0.3 is 9.26 Å². The van der Waals surface area contributed by atoms with Gasteiger partial charge >= 0.3 is 6.18 Å². The van der Waals surface area contributed by atoms with E-state index in [2.05, 4.69) is 11.1 Å². The summed E-state index contributed by atoms with van der Waals surface area (Å²) in [5.41, 5.74) is -5.88. The number of ketones is 2. The molecule has 0 bridgehead atoms. The molecule has 0 saturated heterocycles. The van der Waals surface area contributed by atoms with E-state index in [1.807, 2.05) is 6.92 Å². The molecule has 2 aliphatic rings. The van der Waals surface area contributed by atoms with E-state index >= 15 is 0 Å². The maximum absolute atomic E-state index is 14.2. The molecule has 0 saturated carbocycles. The molecule has 0 spiro atoms. The predicted octanol–water partition coefficient (Wildman–Crippen LogP) is 3.29. The molecule has 1 aromatic rings. The second-order valence-electron chi connectivity index (χ2n) is 6.44. The number of ether oxygens (including phenoxy) is 1. The van der Waals surface area contributed by atoms with Crippen LogP contribution in [0.5, 0.6) is 5.88 Å². The third-order valence-corrected chi connectivity index (χ3v) is 5.02. The summed E-state index contributed by atoms with van der Waals surface area (Å²) in [5.74, 6) is -1.14. The number of aromatic nitrogens is 1. The zero-order valence-corrected chi connectivity index (χ0v) is 14.0. The second kappa shape index (κ2) is 6.01. The van der Waals surface area contributed by atoms with Gasteiger partial charge in [-0.15, -0.1) is 6.42 Å². The molecule has 0 unspecified atom stereocenters. The zero-order chi connectivity index (χ0) is 19.2. The van der Waals surface area contributed by atoms with Gasteiger partial charge in [-0.1, -0.05) is 25.3 Å². The number of hydrogen-bond acceptors (Lipinski definition) is 5. The minimum Gasteiger partial charge on any atom is -0.475 e. The highest BCUT2D eigenvalue weighted by atomic mass is 19.4. The number of fused-ring (bicyclic) bond motifs is 2. The molecule has 26 heavy (non-hydrogen) atoms. The first kappa shape index (κ1) is 18.2. The molecule has 5 nitrogen and oxygen atoms in total. The highest BCUT2D eigenvalue weighted by Crippen LogP contribution is 2.61. The number of unbranched alkanes of at least 4 members (excludes halogenated alkanes) is 1. The molecule has 3 rings (SSSR count). The molecule has 138 valence electrons. The smallest absolute Gasteiger partial charge is 0.410 e. The Labute approximate surface area is 147 Å². The van der Waals surface area contributed by atoms with Crippen LogP contribution >= 0.6 is 0 Å². The quantitative estimate of drug-likeness (QED) is 0.464.